The van der Waals surface area contributed by atoms with E-state index in [2.05, 4.69) is 5.32 Å². The zero-order valence-corrected chi connectivity index (χ0v) is 17.5. The topological polar surface area (TPSA) is 148 Å². The van der Waals surface area contributed by atoms with Crippen molar-refractivity contribution in [1.82, 2.24) is 10.2 Å². The average molecular weight is 439 g/mol. The van der Waals surface area contributed by atoms with Crippen LogP contribution in [0.1, 0.15) is 19.4 Å². The number of non-ortho nitro benzene ring substituents is 1. The Bertz CT molecular complexity index is 897. The zero-order chi connectivity index (χ0) is 22.6. The Morgan fingerprint density at radius 3 is 2.37 bits per heavy atom. The number of carboxylic acids is 1. The highest BCUT2D eigenvalue weighted by molar-refractivity contribution is 7.99. The predicted molar refractivity (Wildman–Crippen MR) is 106 cm³/mol. The van der Waals surface area contributed by atoms with E-state index in [1.807, 2.05) is 0 Å². The van der Waals surface area contributed by atoms with Crippen LogP contribution in [0.3, 0.4) is 0 Å². The quantitative estimate of drug-likeness (QED) is 0.204. The molecule has 11 nitrogen and oxygen atoms in total. The summed E-state index contributed by atoms with van der Waals surface area (Å²) in [7, 11) is 1.22. The van der Waals surface area contributed by atoms with Crippen molar-refractivity contribution in [2.75, 3.05) is 13.4 Å². The number of rotatable bonds is 8. The number of methoxy groups -OCH3 is 1. The summed E-state index contributed by atoms with van der Waals surface area (Å²) in [6.07, 6.45) is 0.683. The smallest absolute Gasteiger partial charge is 0.410 e. The fraction of sp³-hybridized carbons (Fsp3) is 0.389. The molecule has 1 unspecified atom stereocenters. The molecule has 0 aromatic heterocycles. The molecule has 1 aliphatic heterocycles. The molecule has 1 aromatic carbocycles. The lowest BCUT2D eigenvalue weighted by Crippen LogP contribution is -2.80. The van der Waals surface area contributed by atoms with E-state index in [1.165, 1.54) is 31.4 Å². The van der Waals surface area contributed by atoms with E-state index in [1.54, 1.807) is 20.1 Å². The third-order valence-corrected chi connectivity index (χ3v) is 5.38. The van der Waals surface area contributed by atoms with Gasteiger partial charge in [-0.25, -0.2) is 9.59 Å². The molecule has 1 saturated heterocycles. The van der Waals surface area contributed by atoms with Crippen molar-refractivity contribution in [3.05, 3.63) is 51.2 Å². The summed E-state index contributed by atoms with van der Waals surface area (Å²) in [6, 6.07) is 5.42. The van der Waals surface area contributed by atoms with E-state index in [-0.39, 0.29) is 18.0 Å². The fourth-order valence-electron chi connectivity index (χ4n) is 2.96. The Morgan fingerprint density at radius 2 is 1.93 bits per heavy atom. The summed E-state index contributed by atoms with van der Waals surface area (Å²) in [5.41, 5.74) is -1.16. The van der Waals surface area contributed by atoms with Gasteiger partial charge in [0.25, 0.3) is 17.3 Å². The van der Waals surface area contributed by atoms with E-state index in [0.717, 1.165) is 16.7 Å². The highest BCUT2D eigenvalue weighted by Crippen LogP contribution is 2.41. The number of carbonyl (C=O) groups excluding carboxylic acids is 2. The van der Waals surface area contributed by atoms with Crippen LogP contribution in [-0.2, 0) is 25.7 Å². The maximum absolute atomic E-state index is 12.8. The lowest BCUT2D eigenvalue weighted by atomic mass is 9.99. The Hall–Kier alpha value is -3.12. The second kappa shape index (κ2) is 9.13. The lowest BCUT2D eigenvalue weighted by Gasteiger charge is -2.53. The van der Waals surface area contributed by atoms with Crippen LogP contribution in [-0.4, -0.2) is 57.4 Å². The number of hydrogen-bond acceptors (Lipinski definition) is 8. The number of thioether (sulfide) groups is 1. The molecule has 30 heavy (non-hydrogen) atoms. The number of nitrogens with one attached hydrogen (secondary N) is 1. The van der Waals surface area contributed by atoms with Crippen LogP contribution in [0.15, 0.2) is 35.5 Å². The van der Waals surface area contributed by atoms with Gasteiger partial charge in [0.05, 0.1) is 4.92 Å². The molecule has 0 radical (unpaired) electrons. The van der Waals surface area contributed by atoms with Crippen LogP contribution < -0.4 is 5.32 Å². The summed E-state index contributed by atoms with van der Waals surface area (Å²) >= 11 is 1.13. The molecule has 2 atom stereocenters. The molecule has 2 rings (SSSR count). The molecule has 2 amide bonds. The number of hydrogen-bond donors (Lipinski definition) is 2. The van der Waals surface area contributed by atoms with Crippen LogP contribution in [0.2, 0.25) is 0 Å². The Labute approximate surface area is 176 Å². The predicted octanol–water partition coefficient (Wildman–Crippen LogP) is 2.07. The molecule has 2 N–H and O–H groups in total. The first-order valence-corrected chi connectivity index (χ1v) is 9.88. The maximum Gasteiger partial charge on any atom is 0.410 e. The number of carbonyl (C=O) groups is 3. The number of nitrogens with zero attached hydrogens (tertiary/aromatic N) is 2. The maximum atomic E-state index is 12.8. The molecule has 1 aromatic rings. The van der Waals surface area contributed by atoms with Gasteiger partial charge in [0.15, 0.2) is 0 Å². The molecule has 1 heterocycles. The van der Waals surface area contributed by atoms with Crippen molar-refractivity contribution in [3.63, 3.8) is 0 Å². The lowest BCUT2D eigenvalue weighted by molar-refractivity contribution is -0.384. The summed E-state index contributed by atoms with van der Waals surface area (Å²) in [5, 5.41) is 21.7. The minimum atomic E-state index is -1.79. The number of ether oxygens (including phenoxy) is 2. The van der Waals surface area contributed by atoms with Crippen LogP contribution in [0, 0.1) is 10.1 Å². The van der Waals surface area contributed by atoms with Gasteiger partial charge in [0.1, 0.15) is 17.7 Å². The number of carboxylic acid groups (broad SMARTS) is 1. The molecule has 12 heteroatoms. The second-order valence-electron chi connectivity index (χ2n) is 6.48. The van der Waals surface area contributed by atoms with Crippen LogP contribution in [0.5, 0.6) is 0 Å². The van der Waals surface area contributed by atoms with Gasteiger partial charge in [-0.2, -0.15) is 0 Å². The van der Waals surface area contributed by atoms with E-state index >= 15 is 0 Å². The normalized spacial score (nSPS) is 20.2. The minimum absolute atomic E-state index is 0.0991. The molecule has 0 spiro atoms. The van der Waals surface area contributed by atoms with Gasteiger partial charge in [-0.05, 0) is 43.4 Å². The minimum Gasteiger partial charge on any atom is -0.477 e. The number of likely N-dealkylation sites (tertiary alicyclic amines) is 1. The molecule has 0 bridgehead atoms. The standard InChI is InChI=1S/C18H21N3O8S/c1-10(2)13(14(22)23)20-15(24)18(28-3,16(20)30-4)19-17(25)29-9-11-5-7-12(8-6-11)21(26)27/h5-8,16H,9H2,1-4H3,(H,19,25)(H,22,23)/t16?,18-/m0/s1. The number of nitro benzene ring substituents is 1. The van der Waals surface area contributed by atoms with Crippen LogP contribution in [0.4, 0.5) is 10.5 Å². The first-order chi connectivity index (χ1) is 14.1. The van der Waals surface area contributed by atoms with Gasteiger partial charge in [-0.1, -0.05) is 0 Å². The Balaban J connectivity index is 2.12. The second-order valence-corrected chi connectivity index (χ2v) is 7.40. The van der Waals surface area contributed by atoms with E-state index in [9.17, 15) is 29.6 Å². The van der Waals surface area contributed by atoms with Gasteiger partial charge in [0.2, 0.25) is 0 Å². The van der Waals surface area contributed by atoms with Crippen molar-refractivity contribution in [1.29, 1.82) is 0 Å². The number of β-lactam (4-membered cyclic amide) rings is 1. The Kier molecular flexibility index (Phi) is 7.05. The van der Waals surface area contributed by atoms with Gasteiger partial charge in [0, 0.05) is 19.2 Å². The average Bonchev–Trinajstić information content (AvgIpc) is 2.70. The number of amides is 2. The Morgan fingerprint density at radius 1 is 1.33 bits per heavy atom. The highest BCUT2D eigenvalue weighted by atomic mass is 32.2. The SMILES string of the molecule is CO[C@@]1(NC(=O)OCc2ccc([N+](=O)[O-])cc2)C(=O)N(C(C(=O)O)=C(C)C)C1SC. The summed E-state index contributed by atoms with van der Waals surface area (Å²) in [6.45, 7) is 2.93. The summed E-state index contributed by atoms with van der Waals surface area (Å²) in [5.74, 6) is -2.01. The van der Waals surface area contributed by atoms with Gasteiger partial charge in [-0.15, -0.1) is 11.8 Å². The van der Waals surface area contributed by atoms with Crippen molar-refractivity contribution in [2.45, 2.75) is 31.6 Å². The zero-order valence-electron chi connectivity index (χ0n) is 16.7. The third kappa shape index (κ3) is 4.24. The summed E-state index contributed by atoms with van der Waals surface area (Å²) in [4.78, 5) is 47.8. The van der Waals surface area contributed by atoms with E-state index in [4.69, 9.17) is 9.47 Å². The van der Waals surface area contributed by atoms with Crippen molar-refractivity contribution >= 4 is 35.4 Å². The number of allylic oxidation sites excluding steroid dienone is 1. The van der Waals surface area contributed by atoms with Crippen LogP contribution >= 0.6 is 11.8 Å². The van der Waals surface area contributed by atoms with Crippen LogP contribution in [0.25, 0.3) is 0 Å². The van der Waals surface area contributed by atoms with Gasteiger partial charge in [-0.3, -0.25) is 25.1 Å². The number of alkyl carbamates (subject to hydrolysis) is 1. The first kappa shape index (κ1) is 23.2. The third-order valence-electron chi connectivity index (χ3n) is 4.39. The molecule has 0 saturated carbocycles. The fourth-order valence-corrected chi connectivity index (χ4v) is 3.96. The molecule has 0 aliphatic carbocycles. The molecular formula is C18H21N3O8S. The van der Waals surface area contributed by atoms with E-state index < -0.39 is 34.0 Å². The molecule has 162 valence electrons. The van der Waals surface area contributed by atoms with Crippen molar-refractivity contribution < 1.29 is 33.9 Å². The van der Waals surface area contributed by atoms with Gasteiger partial charge >= 0.3 is 12.1 Å². The number of aliphatic carboxylic acids is 1. The molecule has 1 fully saturated rings. The molecular weight excluding hydrogens is 418 g/mol. The monoisotopic (exact) mass is 439 g/mol. The first-order valence-electron chi connectivity index (χ1n) is 8.59. The number of nitro groups is 1. The van der Waals surface area contributed by atoms with Gasteiger partial charge < -0.3 is 14.6 Å². The summed E-state index contributed by atoms with van der Waals surface area (Å²) < 4.78 is 10.4. The van der Waals surface area contributed by atoms with Crippen molar-refractivity contribution in [3.8, 4) is 0 Å². The van der Waals surface area contributed by atoms with E-state index in [0.29, 0.717) is 11.1 Å². The largest absolute Gasteiger partial charge is 0.477 e. The number of benzene rings is 1. The highest BCUT2D eigenvalue weighted by Gasteiger charge is 2.65. The molecule has 1 aliphatic rings. The van der Waals surface area contributed by atoms with Crippen molar-refractivity contribution in [2.24, 2.45) is 0 Å².